The summed E-state index contributed by atoms with van der Waals surface area (Å²) in [5, 5.41) is 3.06. The van der Waals surface area contributed by atoms with E-state index in [0.29, 0.717) is 46.0 Å². The Kier molecular flexibility index (Phi) is 6.14. The van der Waals surface area contributed by atoms with Crippen LogP contribution in [0.3, 0.4) is 0 Å². The molecule has 3 amide bonds. The van der Waals surface area contributed by atoms with Crippen molar-refractivity contribution < 1.29 is 23.8 Å². The van der Waals surface area contributed by atoms with Gasteiger partial charge in [0.1, 0.15) is 6.61 Å². The molecule has 24 heavy (non-hydrogen) atoms. The number of piperidine rings is 1. The number of urea groups is 1. The van der Waals surface area contributed by atoms with Gasteiger partial charge >= 0.3 is 12.1 Å². The highest BCUT2D eigenvalue weighted by Crippen LogP contribution is 2.15. The fourth-order valence-electron chi connectivity index (χ4n) is 3.27. The van der Waals surface area contributed by atoms with Gasteiger partial charge in [0, 0.05) is 38.8 Å². The van der Waals surface area contributed by atoms with E-state index in [-0.39, 0.29) is 24.3 Å². The van der Waals surface area contributed by atoms with Gasteiger partial charge in [-0.05, 0) is 25.7 Å². The first-order valence-electron chi connectivity index (χ1n) is 8.89. The minimum atomic E-state index is -0.275. The van der Waals surface area contributed by atoms with Crippen LogP contribution in [0.5, 0.6) is 0 Å². The molecule has 0 spiro atoms. The zero-order valence-electron chi connectivity index (χ0n) is 14.1. The second-order valence-corrected chi connectivity index (χ2v) is 6.52. The molecule has 3 heterocycles. The zero-order chi connectivity index (χ0) is 16.8. The highest BCUT2D eigenvalue weighted by molar-refractivity contribution is 5.74. The van der Waals surface area contributed by atoms with Crippen molar-refractivity contribution in [3.63, 3.8) is 0 Å². The van der Waals surface area contributed by atoms with Crippen LogP contribution in [0.25, 0.3) is 0 Å². The molecule has 0 radical (unpaired) electrons. The van der Waals surface area contributed by atoms with Crippen molar-refractivity contribution in [1.82, 2.24) is 15.1 Å². The van der Waals surface area contributed by atoms with Gasteiger partial charge in [0.15, 0.2) is 0 Å². The van der Waals surface area contributed by atoms with Crippen LogP contribution in [0.1, 0.15) is 25.7 Å². The third kappa shape index (κ3) is 4.73. The zero-order valence-corrected chi connectivity index (χ0v) is 14.1. The van der Waals surface area contributed by atoms with Gasteiger partial charge in [-0.25, -0.2) is 9.59 Å². The molecule has 136 valence electrons. The Bertz CT molecular complexity index is 427. The van der Waals surface area contributed by atoms with E-state index >= 15 is 0 Å². The number of nitrogens with one attached hydrogen (secondary N) is 1. The molecule has 1 N–H and O–H groups in total. The third-order valence-corrected chi connectivity index (χ3v) is 4.80. The summed E-state index contributed by atoms with van der Waals surface area (Å²) in [5.74, 6) is 0. The number of likely N-dealkylation sites (tertiary alicyclic amines) is 1. The molecule has 8 heteroatoms. The Hall–Kier alpha value is -1.54. The average Bonchev–Trinajstić information content (AvgIpc) is 3.14. The number of ether oxygens (including phenoxy) is 3. The summed E-state index contributed by atoms with van der Waals surface area (Å²) >= 11 is 0. The maximum atomic E-state index is 12.2. The Labute approximate surface area is 142 Å². The maximum absolute atomic E-state index is 12.2. The van der Waals surface area contributed by atoms with Crippen molar-refractivity contribution in [1.29, 1.82) is 0 Å². The number of morpholine rings is 1. The van der Waals surface area contributed by atoms with Crippen LogP contribution < -0.4 is 5.32 Å². The molecule has 0 saturated carbocycles. The highest BCUT2D eigenvalue weighted by Gasteiger charge is 2.27. The molecule has 0 aromatic heterocycles. The summed E-state index contributed by atoms with van der Waals surface area (Å²) in [6, 6.07) is 0.0836. The van der Waals surface area contributed by atoms with E-state index in [4.69, 9.17) is 14.2 Å². The van der Waals surface area contributed by atoms with Crippen molar-refractivity contribution in [2.75, 3.05) is 52.6 Å². The van der Waals surface area contributed by atoms with Gasteiger partial charge in [0.25, 0.3) is 0 Å². The molecule has 8 nitrogen and oxygen atoms in total. The smallest absolute Gasteiger partial charge is 0.409 e. The van der Waals surface area contributed by atoms with Crippen LogP contribution in [0.4, 0.5) is 9.59 Å². The number of amides is 3. The Balaban J connectivity index is 1.34. The van der Waals surface area contributed by atoms with Crippen molar-refractivity contribution in [3.05, 3.63) is 0 Å². The van der Waals surface area contributed by atoms with E-state index in [1.165, 1.54) is 0 Å². The number of hydrogen-bond donors (Lipinski definition) is 1. The summed E-state index contributed by atoms with van der Waals surface area (Å²) in [6.07, 6.45) is 3.29. The van der Waals surface area contributed by atoms with E-state index < -0.39 is 0 Å². The summed E-state index contributed by atoms with van der Waals surface area (Å²) in [7, 11) is 0. The molecule has 1 unspecified atom stereocenters. The van der Waals surface area contributed by atoms with Crippen molar-refractivity contribution in [2.45, 2.75) is 37.8 Å². The Morgan fingerprint density at radius 1 is 1.00 bits per heavy atom. The molecule has 3 saturated heterocycles. The molecule has 0 aromatic rings. The molecule has 0 aliphatic carbocycles. The summed E-state index contributed by atoms with van der Waals surface area (Å²) in [5.41, 5.74) is 0. The minimum Gasteiger partial charge on any atom is -0.447 e. The first kappa shape index (κ1) is 17.3. The number of nitrogens with zero attached hydrogens (tertiary/aromatic N) is 2. The molecule has 3 aliphatic rings. The fraction of sp³-hybridized carbons (Fsp3) is 0.875. The number of hydrogen-bond acceptors (Lipinski definition) is 5. The predicted molar refractivity (Wildman–Crippen MR) is 85.8 cm³/mol. The van der Waals surface area contributed by atoms with E-state index in [2.05, 4.69) is 5.32 Å². The van der Waals surface area contributed by atoms with Crippen LogP contribution in [-0.4, -0.2) is 86.7 Å². The lowest BCUT2D eigenvalue weighted by Crippen LogP contribution is -2.52. The van der Waals surface area contributed by atoms with Gasteiger partial charge in [0.2, 0.25) is 0 Å². The average molecular weight is 341 g/mol. The van der Waals surface area contributed by atoms with E-state index in [0.717, 1.165) is 32.3 Å². The number of rotatable bonds is 3. The van der Waals surface area contributed by atoms with Crippen LogP contribution in [0.15, 0.2) is 0 Å². The quantitative estimate of drug-likeness (QED) is 0.822. The third-order valence-electron chi connectivity index (χ3n) is 4.80. The predicted octanol–water partition coefficient (Wildman–Crippen LogP) is 0.808. The van der Waals surface area contributed by atoms with Gasteiger partial charge in [-0.1, -0.05) is 0 Å². The van der Waals surface area contributed by atoms with Gasteiger partial charge in [-0.2, -0.15) is 0 Å². The Morgan fingerprint density at radius 2 is 1.75 bits per heavy atom. The SMILES string of the molecule is O=C(NC1CCN(C(=O)OCC2CCCO2)CC1)N1CCOCC1. The molecule has 0 bridgehead atoms. The topological polar surface area (TPSA) is 80.3 Å². The number of carbonyl (C=O) groups excluding carboxylic acids is 2. The normalized spacial score (nSPS) is 25.6. The standard InChI is InChI=1S/C16H27N3O5/c20-15(18-7-10-22-11-8-18)17-13-3-5-19(6-4-13)16(21)24-12-14-2-1-9-23-14/h13-14H,1-12H2,(H,17,20). The molecule has 0 aromatic carbocycles. The van der Waals surface area contributed by atoms with Crippen LogP contribution in [-0.2, 0) is 14.2 Å². The van der Waals surface area contributed by atoms with Crippen molar-refractivity contribution in [2.24, 2.45) is 0 Å². The lowest BCUT2D eigenvalue weighted by Gasteiger charge is -2.34. The monoisotopic (exact) mass is 341 g/mol. The second kappa shape index (κ2) is 8.53. The van der Waals surface area contributed by atoms with Gasteiger partial charge in [-0.3, -0.25) is 0 Å². The number of carbonyl (C=O) groups is 2. The van der Waals surface area contributed by atoms with Crippen molar-refractivity contribution in [3.8, 4) is 0 Å². The summed E-state index contributed by atoms with van der Waals surface area (Å²) in [4.78, 5) is 27.7. The molecular formula is C16H27N3O5. The largest absolute Gasteiger partial charge is 0.447 e. The van der Waals surface area contributed by atoms with Crippen LogP contribution in [0, 0.1) is 0 Å². The van der Waals surface area contributed by atoms with Crippen LogP contribution >= 0.6 is 0 Å². The van der Waals surface area contributed by atoms with Gasteiger partial charge in [-0.15, -0.1) is 0 Å². The Morgan fingerprint density at radius 3 is 2.42 bits per heavy atom. The second-order valence-electron chi connectivity index (χ2n) is 6.52. The van der Waals surface area contributed by atoms with Gasteiger partial charge < -0.3 is 29.3 Å². The van der Waals surface area contributed by atoms with Crippen LogP contribution in [0.2, 0.25) is 0 Å². The van der Waals surface area contributed by atoms with E-state index in [1.54, 1.807) is 9.80 Å². The fourth-order valence-corrected chi connectivity index (χ4v) is 3.27. The molecule has 3 aliphatic heterocycles. The summed E-state index contributed by atoms with van der Waals surface area (Å²) in [6.45, 7) is 4.80. The van der Waals surface area contributed by atoms with E-state index in [1.807, 2.05) is 0 Å². The highest BCUT2D eigenvalue weighted by atomic mass is 16.6. The molecular weight excluding hydrogens is 314 g/mol. The van der Waals surface area contributed by atoms with E-state index in [9.17, 15) is 9.59 Å². The molecule has 1 atom stereocenters. The molecule has 3 fully saturated rings. The van der Waals surface area contributed by atoms with Gasteiger partial charge in [0.05, 0.1) is 19.3 Å². The maximum Gasteiger partial charge on any atom is 0.409 e. The lowest BCUT2D eigenvalue weighted by atomic mass is 10.1. The molecule has 3 rings (SSSR count). The van der Waals surface area contributed by atoms with Crippen molar-refractivity contribution >= 4 is 12.1 Å². The minimum absolute atomic E-state index is 0.0299. The summed E-state index contributed by atoms with van der Waals surface area (Å²) < 4.78 is 16.0. The first-order chi connectivity index (χ1) is 11.7. The first-order valence-corrected chi connectivity index (χ1v) is 8.89. The lowest BCUT2D eigenvalue weighted by molar-refractivity contribution is 0.0265.